The Morgan fingerprint density at radius 2 is 1.13 bits per heavy atom. The molecule has 2 aromatic carbocycles. The number of hydrogen-bond donors (Lipinski definition) is 0. The molecule has 0 aliphatic carbocycles. The fourth-order valence-corrected chi connectivity index (χ4v) is 2.24. The van der Waals surface area contributed by atoms with Crippen molar-refractivity contribution in [1.82, 2.24) is 0 Å². The Balaban J connectivity index is 1.97. The molecule has 0 saturated carbocycles. The van der Waals surface area contributed by atoms with E-state index in [1.54, 1.807) is 24.3 Å². The number of benzene rings is 2. The molecule has 0 aliphatic rings. The van der Waals surface area contributed by atoms with Gasteiger partial charge in [-0.2, -0.15) is 0 Å². The van der Waals surface area contributed by atoms with Gasteiger partial charge in [-0.25, -0.2) is 9.59 Å². The van der Waals surface area contributed by atoms with Crippen LogP contribution in [-0.2, 0) is 9.47 Å². The van der Waals surface area contributed by atoms with Crippen molar-refractivity contribution in [2.45, 2.75) is 27.7 Å². The first-order chi connectivity index (χ1) is 10.9. The summed E-state index contributed by atoms with van der Waals surface area (Å²) in [5.74, 6) is -1.00. The number of esters is 2. The summed E-state index contributed by atoms with van der Waals surface area (Å²) in [6.45, 7) is 7.15. The zero-order valence-corrected chi connectivity index (χ0v) is 13.8. The van der Waals surface area contributed by atoms with Gasteiger partial charge in [-0.05, 0) is 62.1 Å². The van der Waals surface area contributed by atoms with E-state index in [2.05, 4.69) is 0 Å². The average Bonchev–Trinajstić information content (AvgIpc) is 2.52. The molecule has 0 amide bonds. The van der Waals surface area contributed by atoms with Crippen molar-refractivity contribution in [1.29, 1.82) is 0 Å². The molecule has 2 rings (SSSR count). The van der Waals surface area contributed by atoms with E-state index in [1.807, 2.05) is 39.8 Å². The van der Waals surface area contributed by atoms with Crippen LogP contribution in [0.2, 0.25) is 0 Å². The summed E-state index contributed by atoms with van der Waals surface area (Å²) in [4.78, 5) is 24.1. The van der Waals surface area contributed by atoms with Crippen molar-refractivity contribution in [3.05, 3.63) is 69.8 Å². The highest BCUT2D eigenvalue weighted by atomic mass is 16.7. The van der Waals surface area contributed by atoms with Crippen LogP contribution in [0, 0.1) is 27.7 Å². The predicted molar refractivity (Wildman–Crippen MR) is 87.5 cm³/mol. The summed E-state index contributed by atoms with van der Waals surface area (Å²) < 4.78 is 10.1. The number of aryl methyl sites for hydroxylation is 2. The Morgan fingerprint density at radius 1 is 0.739 bits per heavy atom. The van der Waals surface area contributed by atoms with E-state index in [4.69, 9.17) is 9.47 Å². The normalized spacial score (nSPS) is 10.3. The van der Waals surface area contributed by atoms with E-state index in [0.717, 1.165) is 22.3 Å². The van der Waals surface area contributed by atoms with E-state index in [1.165, 1.54) is 0 Å². The van der Waals surface area contributed by atoms with Crippen LogP contribution >= 0.6 is 0 Å². The molecule has 0 saturated heterocycles. The van der Waals surface area contributed by atoms with Crippen LogP contribution in [0.25, 0.3) is 0 Å². The van der Waals surface area contributed by atoms with Crippen molar-refractivity contribution in [3.63, 3.8) is 0 Å². The van der Waals surface area contributed by atoms with Crippen LogP contribution < -0.4 is 0 Å². The third kappa shape index (κ3) is 3.77. The number of carbonyl (C=O) groups is 2. The lowest BCUT2D eigenvalue weighted by molar-refractivity contribution is -0.0168. The first kappa shape index (κ1) is 16.7. The number of carbonyl (C=O) groups excluding carboxylic acids is 2. The van der Waals surface area contributed by atoms with E-state index < -0.39 is 18.7 Å². The third-order valence-electron chi connectivity index (χ3n) is 4.03. The van der Waals surface area contributed by atoms with Gasteiger partial charge in [-0.3, -0.25) is 0 Å². The van der Waals surface area contributed by atoms with Crippen molar-refractivity contribution in [3.8, 4) is 0 Å². The topological polar surface area (TPSA) is 52.6 Å². The maximum absolute atomic E-state index is 12.0. The summed E-state index contributed by atoms with van der Waals surface area (Å²) in [5, 5.41) is 0. The second-order valence-electron chi connectivity index (χ2n) is 5.48. The number of ether oxygens (including phenoxy) is 2. The highest BCUT2D eigenvalue weighted by Gasteiger charge is 2.14. The lowest BCUT2D eigenvalue weighted by Crippen LogP contribution is -2.15. The molecule has 2 aromatic rings. The second kappa shape index (κ2) is 7.09. The second-order valence-corrected chi connectivity index (χ2v) is 5.48. The Kier molecular flexibility index (Phi) is 5.16. The molecule has 0 unspecified atom stereocenters. The molecule has 0 radical (unpaired) electrons. The fraction of sp³-hybridized carbons (Fsp3) is 0.263. The minimum absolute atomic E-state index is 0.404. The standard InChI is InChI=1S/C19H20O4/c1-12-7-5-9-16(14(12)3)18(20)22-11-23-19(21)17-10-6-8-13(2)15(17)4/h5-10H,11H2,1-4H3. The van der Waals surface area contributed by atoms with E-state index in [-0.39, 0.29) is 0 Å². The van der Waals surface area contributed by atoms with Gasteiger partial charge in [0.05, 0.1) is 11.1 Å². The van der Waals surface area contributed by atoms with Gasteiger partial charge in [0, 0.05) is 0 Å². The lowest BCUT2D eigenvalue weighted by atomic mass is 10.0. The third-order valence-corrected chi connectivity index (χ3v) is 4.03. The maximum Gasteiger partial charge on any atom is 0.341 e. The fourth-order valence-electron chi connectivity index (χ4n) is 2.24. The van der Waals surface area contributed by atoms with Crippen LogP contribution in [0.15, 0.2) is 36.4 Å². The Bertz CT molecular complexity index is 684. The van der Waals surface area contributed by atoms with Gasteiger partial charge in [0.15, 0.2) is 0 Å². The average molecular weight is 312 g/mol. The van der Waals surface area contributed by atoms with Gasteiger partial charge in [0.2, 0.25) is 6.79 Å². The largest absolute Gasteiger partial charge is 0.424 e. The molecule has 23 heavy (non-hydrogen) atoms. The quantitative estimate of drug-likeness (QED) is 0.635. The molecule has 0 atom stereocenters. The zero-order chi connectivity index (χ0) is 17.0. The van der Waals surface area contributed by atoms with E-state index in [9.17, 15) is 9.59 Å². The van der Waals surface area contributed by atoms with Crippen LogP contribution in [-0.4, -0.2) is 18.7 Å². The molecule has 0 fully saturated rings. The van der Waals surface area contributed by atoms with Crippen LogP contribution in [0.1, 0.15) is 43.0 Å². The van der Waals surface area contributed by atoms with Gasteiger partial charge in [0.1, 0.15) is 0 Å². The van der Waals surface area contributed by atoms with Crippen LogP contribution in [0.4, 0.5) is 0 Å². The highest BCUT2D eigenvalue weighted by molar-refractivity contribution is 5.92. The molecule has 0 bridgehead atoms. The first-order valence-corrected chi connectivity index (χ1v) is 7.38. The lowest BCUT2D eigenvalue weighted by Gasteiger charge is -2.11. The number of hydrogen-bond acceptors (Lipinski definition) is 4. The van der Waals surface area contributed by atoms with E-state index >= 15 is 0 Å². The summed E-state index contributed by atoms with van der Waals surface area (Å²) >= 11 is 0. The van der Waals surface area contributed by atoms with Crippen molar-refractivity contribution in [2.75, 3.05) is 6.79 Å². The molecule has 4 nitrogen and oxygen atoms in total. The Labute approximate surface area is 136 Å². The molecular formula is C19H20O4. The van der Waals surface area contributed by atoms with Gasteiger partial charge in [-0.15, -0.1) is 0 Å². The monoisotopic (exact) mass is 312 g/mol. The first-order valence-electron chi connectivity index (χ1n) is 7.38. The van der Waals surface area contributed by atoms with Gasteiger partial charge in [0.25, 0.3) is 0 Å². The zero-order valence-electron chi connectivity index (χ0n) is 13.8. The molecule has 0 aromatic heterocycles. The summed E-state index contributed by atoms with van der Waals surface area (Å²) in [6.07, 6.45) is 0. The minimum atomic E-state index is -0.500. The predicted octanol–water partition coefficient (Wildman–Crippen LogP) is 3.89. The SMILES string of the molecule is Cc1cccc(C(=O)OCOC(=O)c2cccc(C)c2C)c1C. The summed E-state index contributed by atoms with van der Waals surface area (Å²) in [5.41, 5.74) is 4.69. The van der Waals surface area contributed by atoms with Crippen LogP contribution in [0.5, 0.6) is 0 Å². The number of rotatable bonds is 4. The molecule has 4 heteroatoms. The summed E-state index contributed by atoms with van der Waals surface area (Å²) in [7, 11) is 0. The van der Waals surface area contributed by atoms with Crippen molar-refractivity contribution in [2.24, 2.45) is 0 Å². The smallest absolute Gasteiger partial charge is 0.341 e. The van der Waals surface area contributed by atoms with Gasteiger partial charge in [-0.1, -0.05) is 24.3 Å². The molecule has 120 valence electrons. The molecule has 0 heterocycles. The van der Waals surface area contributed by atoms with Gasteiger partial charge >= 0.3 is 11.9 Å². The minimum Gasteiger partial charge on any atom is -0.424 e. The molecule has 0 N–H and O–H groups in total. The highest BCUT2D eigenvalue weighted by Crippen LogP contribution is 2.15. The van der Waals surface area contributed by atoms with Crippen LogP contribution in [0.3, 0.4) is 0 Å². The van der Waals surface area contributed by atoms with Gasteiger partial charge < -0.3 is 9.47 Å². The molecule has 0 aliphatic heterocycles. The van der Waals surface area contributed by atoms with Crippen molar-refractivity contribution >= 4 is 11.9 Å². The van der Waals surface area contributed by atoms with Crippen molar-refractivity contribution < 1.29 is 19.1 Å². The molecule has 0 spiro atoms. The summed E-state index contributed by atoms with van der Waals surface area (Å²) in [6, 6.07) is 10.8. The Morgan fingerprint density at radius 3 is 1.52 bits per heavy atom. The molecular weight excluding hydrogens is 292 g/mol. The maximum atomic E-state index is 12.0. The Hall–Kier alpha value is -2.62. The van der Waals surface area contributed by atoms with E-state index in [0.29, 0.717) is 11.1 Å².